The minimum atomic E-state index is 0.668. The second-order valence-electron chi connectivity index (χ2n) is 6.63. The fourth-order valence-electron chi connectivity index (χ4n) is 3.90. The molecular formula is C19H34N2O3+2. The molecule has 1 aromatic rings. The molecule has 0 amide bonds. The number of piperazine rings is 1. The van der Waals surface area contributed by atoms with Gasteiger partial charge in [-0.05, 0) is 25.0 Å². The molecule has 24 heavy (non-hydrogen) atoms. The van der Waals surface area contributed by atoms with Gasteiger partial charge in [-0.1, -0.05) is 13.8 Å². The van der Waals surface area contributed by atoms with Gasteiger partial charge in [0.25, 0.3) is 0 Å². The lowest BCUT2D eigenvalue weighted by molar-refractivity contribution is -1.03. The molecule has 1 fully saturated rings. The third kappa shape index (κ3) is 4.33. The van der Waals surface area contributed by atoms with Crippen LogP contribution in [-0.2, 0) is 6.54 Å². The summed E-state index contributed by atoms with van der Waals surface area (Å²) in [7, 11) is 4.99. The number of hydrogen-bond acceptors (Lipinski definition) is 3. The van der Waals surface area contributed by atoms with Crippen molar-refractivity contribution < 1.29 is 24.0 Å². The highest BCUT2D eigenvalue weighted by Gasteiger charge is 2.28. The van der Waals surface area contributed by atoms with Gasteiger partial charge in [-0.15, -0.1) is 0 Å². The third-order valence-corrected chi connectivity index (χ3v) is 5.34. The SMILES string of the molecule is CCC(CC)[NH+]1CC[NH+](Cc2cc(OC)c(OC)c(OC)c2)CC1. The zero-order valence-electron chi connectivity index (χ0n) is 15.9. The van der Waals surface area contributed by atoms with Crippen LogP contribution < -0.4 is 24.0 Å². The number of benzene rings is 1. The summed E-state index contributed by atoms with van der Waals surface area (Å²) in [5.74, 6) is 2.15. The summed E-state index contributed by atoms with van der Waals surface area (Å²) in [5, 5.41) is 0. The van der Waals surface area contributed by atoms with Gasteiger partial charge in [-0.3, -0.25) is 0 Å². The maximum atomic E-state index is 5.47. The first-order valence-corrected chi connectivity index (χ1v) is 9.13. The molecule has 0 atom stereocenters. The van der Waals surface area contributed by atoms with Crippen LogP contribution in [0.2, 0.25) is 0 Å². The van der Waals surface area contributed by atoms with Crippen molar-refractivity contribution in [3.63, 3.8) is 0 Å². The Bertz CT molecular complexity index is 484. The van der Waals surface area contributed by atoms with E-state index in [1.165, 1.54) is 44.6 Å². The van der Waals surface area contributed by atoms with Crippen molar-refractivity contribution in [1.82, 2.24) is 0 Å². The number of rotatable bonds is 8. The molecule has 0 aliphatic carbocycles. The first kappa shape index (κ1) is 18.9. The monoisotopic (exact) mass is 338 g/mol. The van der Waals surface area contributed by atoms with Crippen molar-refractivity contribution in [2.24, 2.45) is 0 Å². The lowest BCUT2D eigenvalue weighted by Crippen LogP contribution is -3.29. The topological polar surface area (TPSA) is 36.6 Å². The summed E-state index contributed by atoms with van der Waals surface area (Å²) in [6.45, 7) is 10.6. The predicted octanol–water partition coefficient (Wildman–Crippen LogP) is 0.184. The Morgan fingerprint density at radius 2 is 1.42 bits per heavy atom. The summed E-state index contributed by atoms with van der Waals surface area (Å²) < 4.78 is 16.3. The van der Waals surface area contributed by atoms with Gasteiger partial charge in [-0.25, -0.2) is 0 Å². The molecular weight excluding hydrogens is 304 g/mol. The van der Waals surface area contributed by atoms with Gasteiger partial charge in [-0.2, -0.15) is 0 Å². The number of hydrogen-bond donors (Lipinski definition) is 2. The smallest absolute Gasteiger partial charge is 0.203 e. The Balaban J connectivity index is 2.02. The molecule has 0 spiro atoms. The first-order valence-electron chi connectivity index (χ1n) is 9.13. The average Bonchev–Trinajstić information content (AvgIpc) is 2.63. The lowest BCUT2D eigenvalue weighted by Gasteiger charge is -2.34. The third-order valence-electron chi connectivity index (χ3n) is 5.34. The van der Waals surface area contributed by atoms with Crippen LogP contribution in [0.4, 0.5) is 0 Å². The molecule has 2 rings (SSSR count). The van der Waals surface area contributed by atoms with Crippen molar-refractivity contribution in [3.8, 4) is 17.2 Å². The predicted molar refractivity (Wildman–Crippen MR) is 95.6 cm³/mol. The minimum absolute atomic E-state index is 0.668. The van der Waals surface area contributed by atoms with E-state index in [1.54, 1.807) is 31.1 Å². The Hall–Kier alpha value is -1.46. The number of ether oxygens (including phenoxy) is 3. The molecule has 2 N–H and O–H groups in total. The molecule has 1 aliphatic heterocycles. The van der Waals surface area contributed by atoms with Crippen LogP contribution in [0.5, 0.6) is 17.2 Å². The normalized spacial score (nSPS) is 20.9. The molecule has 0 radical (unpaired) electrons. The molecule has 1 heterocycles. The van der Waals surface area contributed by atoms with Crippen molar-refractivity contribution in [1.29, 1.82) is 0 Å². The molecule has 1 aromatic carbocycles. The van der Waals surface area contributed by atoms with Gasteiger partial charge >= 0.3 is 0 Å². The fraction of sp³-hybridized carbons (Fsp3) is 0.684. The van der Waals surface area contributed by atoms with Crippen molar-refractivity contribution in [2.45, 2.75) is 39.3 Å². The van der Waals surface area contributed by atoms with Crippen LogP contribution in [0.3, 0.4) is 0 Å². The summed E-state index contributed by atoms with van der Waals surface area (Å²) in [4.78, 5) is 3.42. The van der Waals surface area contributed by atoms with E-state index in [0.717, 1.165) is 24.1 Å². The maximum absolute atomic E-state index is 5.47. The Morgan fingerprint density at radius 3 is 1.83 bits per heavy atom. The van der Waals surface area contributed by atoms with E-state index in [1.807, 2.05) is 0 Å². The fourth-order valence-corrected chi connectivity index (χ4v) is 3.90. The minimum Gasteiger partial charge on any atom is -0.493 e. The standard InChI is InChI=1S/C19H32N2O3/c1-6-16(7-2)21-10-8-20(9-11-21)14-15-12-17(22-3)19(24-5)18(13-15)23-4/h12-13,16H,6-11,14H2,1-5H3/p+2. The van der Waals surface area contributed by atoms with Crippen LogP contribution in [-0.4, -0.2) is 53.6 Å². The molecule has 0 unspecified atom stereocenters. The van der Waals surface area contributed by atoms with Crippen LogP contribution >= 0.6 is 0 Å². The van der Waals surface area contributed by atoms with E-state index in [2.05, 4.69) is 26.0 Å². The highest BCUT2D eigenvalue weighted by Crippen LogP contribution is 2.37. The molecule has 5 heteroatoms. The Morgan fingerprint density at radius 1 is 0.875 bits per heavy atom. The lowest BCUT2D eigenvalue weighted by atomic mass is 10.1. The first-order chi connectivity index (χ1) is 11.7. The van der Waals surface area contributed by atoms with E-state index in [4.69, 9.17) is 14.2 Å². The molecule has 1 saturated heterocycles. The van der Waals surface area contributed by atoms with Crippen molar-refractivity contribution in [2.75, 3.05) is 47.5 Å². The summed E-state index contributed by atoms with van der Waals surface area (Å²) in [6.07, 6.45) is 2.57. The van der Waals surface area contributed by atoms with E-state index in [0.29, 0.717) is 5.75 Å². The maximum Gasteiger partial charge on any atom is 0.203 e. The highest BCUT2D eigenvalue weighted by atomic mass is 16.5. The van der Waals surface area contributed by atoms with E-state index >= 15 is 0 Å². The van der Waals surface area contributed by atoms with E-state index in [-0.39, 0.29) is 0 Å². The second kappa shape index (κ2) is 9.14. The molecule has 0 aromatic heterocycles. The van der Waals surface area contributed by atoms with Gasteiger partial charge in [0.1, 0.15) is 32.7 Å². The highest BCUT2D eigenvalue weighted by molar-refractivity contribution is 5.53. The number of methoxy groups -OCH3 is 3. The van der Waals surface area contributed by atoms with Gasteiger partial charge in [0.2, 0.25) is 5.75 Å². The number of nitrogens with one attached hydrogen (secondary N) is 2. The van der Waals surface area contributed by atoms with Gasteiger partial charge in [0, 0.05) is 5.56 Å². The number of quaternary nitrogens is 2. The summed E-state index contributed by atoms with van der Waals surface area (Å²) in [6, 6.07) is 4.98. The van der Waals surface area contributed by atoms with Crippen LogP contribution in [0.15, 0.2) is 12.1 Å². The van der Waals surface area contributed by atoms with Crippen LogP contribution in [0.1, 0.15) is 32.3 Å². The molecule has 0 saturated carbocycles. The molecule has 5 nitrogen and oxygen atoms in total. The van der Waals surface area contributed by atoms with E-state index < -0.39 is 0 Å². The van der Waals surface area contributed by atoms with Crippen LogP contribution in [0.25, 0.3) is 0 Å². The average molecular weight is 338 g/mol. The van der Waals surface area contributed by atoms with Crippen molar-refractivity contribution >= 4 is 0 Å². The molecule has 0 bridgehead atoms. The van der Waals surface area contributed by atoms with Gasteiger partial charge in [0.05, 0.1) is 27.4 Å². The summed E-state index contributed by atoms with van der Waals surface area (Å²) >= 11 is 0. The van der Waals surface area contributed by atoms with Gasteiger partial charge < -0.3 is 24.0 Å². The largest absolute Gasteiger partial charge is 0.493 e. The zero-order valence-corrected chi connectivity index (χ0v) is 15.9. The quantitative estimate of drug-likeness (QED) is 0.710. The van der Waals surface area contributed by atoms with Gasteiger partial charge in [0.15, 0.2) is 11.5 Å². The van der Waals surface area contributed by atoms with E-state index in [9.17, 15) is 0 Å². The zero-order chi connectivity index (χ0) is 17.5. The Labute approximate surface area is 146 Å². The molecule has 1 aliphatic rings. The van der Waals surface area contributed by atoms with Crippen LogP contribution in [0, 0.1) is 0 Å². The summed E-state index contributed by atoms with van der Waals surface area (Å²) in [5.41, 5.74) is 1.24. The molecule has 136 valence electrons. The second-order valence-corrected chi connectivity index (χ2v) is 6.63. The Kier molecular flexibility index (Phi) is 7.18. The van der Waals surface area contributed by atoms with Crippen molar-refractivity contribution in [3.05, 3.63) is 17.7 Å².